The van der Waals surface area contributed by atoms with Crippen molar-refractivity contribution in [2.24, 2.45) is 0 Å². The van der Waals surface area contributed by atoms with Crippen molar-refractivity contribution >= 4 is 17.9 Å². The normalized spacial score (nSPS) is 12.5. The van der Waals surface area contributed by atoms with E-state index in [0.717, 1.165) is 103 Å². The lowest BCUT2D eigenvalue weighted by molar-refractivity contribution is -0.167. The topological polar surface area (TPSA) is 78.9 Å². The molecule has 370 valence electrons. The van der Waals surface area contributed by atoms with Crippen LogP contribution in [0.25, 0.3) is 0 Å². The van der Waals surface area contributed by atoms with E-state index in [2.05, 4.69) is 81.5 Å². The molecule has 0 saturated heterocycles. The Kier molecular flexibility index (Phi) is 50.4. The predicted molar refractivity (Wildman–Crippen MR) is 275 cm³/mol. The molecule has 0 radical (unpaired) electrons. The van der Waals surface area contributed by atoms with Crippen molar-refractivity contribution in [2.75, 3.05) is 13.2 Å². The van der Waals surface area contributed by atoms with E-state index >= 15 is 0 Å². The SMILES string of the molecule is CCCCC/C=C\C/C=C\CCCCCCCCCC(=O)OC[C@@H](COC(=O)CCCCCCC/C=C\CCCCCCC)OC(=O)CCCCCCC/C=C\C/C=C\CCCCC. The molecule has 0 aliphatic carbocycles. The molecule has 0 N–H and O–H groups in total. The summed E-state index contributed by atoms with van der Waals surface area (Å²) in [6, 6.07) is 0. The van der Waals surface area contributed by atoms with Crippen molar-refractivity contribution in [3.63, 3.8) is 0 Å². The van der Waals surface area contributed by atoms with Crippen LogP contribution in [0.2, 0.25) is 0 Å². The second-order valence-corrected chi connectivity index (χ2v) is 18.1. The smallest absolute Gasteiger partial charge is 0.306 e. The number of carbonyl (C=O) groups is 3. The van der Waals surface area contributed by atoms with E-state index in [1.807, 2.05) is 0 Å². The lowest BCUT2D eigenvalue weighted by atomic mass is 10.1. The third kappa shape index (κ3) is 50.1. The largest absolute Gasteiger partial charge is 0.462 e. The van der Waals surface area contributed by atoms with Gasteiger partial charge in [0.1, 0.15) is 13.2 Å². The number of hydrogen-bond donors (Lipinski definition) is 0. The zero-order chi connectivity index (χ0) is 46.5. The highest BCUT2D eigenvalue weighted by atomic mass is 16.6. The molecule has 0 amide bonds. The van der Waals surface area contributed by atoms with Crippen molar-refractivity contribution in [1.82, 2.24) is 0 Å². The van der Waals surface area contributed by atoms with Gasteiger partial charge >= 0.3 is 17.9 Å². The first-order valence-corrected chi connectivity index (χ1v) is 27.3. The van der Waals surface area contributed by atoms with Gasteiger partial charge in [-0.05, 0) is 109 Å². The Morgan fingerprint density at radius 1 is 0.312 bits per heavy atom. The van der Waals surface area contributed by atoms with Crippen LogP contribution in [0.3, 0.4) is 0 Å². The zero-order valence-electron chi connectivity index (χ0n) is 42.3. The number of allylic oxidation sites excluding steroid dienone is 10. The molecule has 1 atom stereocenters. The molecule has 0 aromatic carbocycles. The minimum atomic E-state index is -0.787. The molecule has 0 rings (SSSR count). The Bertz CT molecular complexity index is 1170. The van der Waals surface area contributed by atoms with E-state index in [9.17, 15) is 14.4 Å². The molecule has 64 heavy (non-hydrogen) atoms. The summed E-state index contributed by atoms with van der Waals surface area (Å²) in [5, 5.41) is 0. The van der Waals surface area contributed by atoms with Gasteiger partial charge in [0.2, 0.25) is 0 Å². The van der Waals surface area contributed by atoms with E-state index in [1.165, 1.54) is 128 Å². The Morgan fingerprint density at radius 2 is 0.562 bits per heavy atom. The summed E-state index contributed by atoms with van der Waals surface area (Å²) in [6.45, 7) is 6.56. The van der Waals surface area contributed by atoms with Crippen LogP contribution >= 0.6 is 0 Å². The van der Waals surface area contributed by atoms with E-state index < -0.39 is 6.10 Å². The summed E-state index contributed by atoms with van der Waals surface area (Å²) >= 11 is 0. The van der Waals surface area contributed by atoms with Gasteiger partial charge in [-0.15, -0.1) is 0 Å². The maximum atomic E-state index is 12.8. The first-order valence-electron chi connectivity index (χ1n) is 27.3. The summed E-state index contributed by atoms with van der Waals surface area (Å²) in [5.41, 5.74) is 0. The second-order valence-electron chi connectivity index (χ2n) is 18.1. The summed E-state index contributed by atoms with van der Waals surface area (Å²) in [5.74, 6) is -0.909. The second kappa shape index (κ2) is 52.7. The van der Waals surface area contributed by atoms with Gasteiger partial charge in [-0.1, -0.05) is 204 Å². The molecule has 0 fully saturated rings. The van der Waals surface area contributed by atoms with Gasteiger partial charge in [0.15, 0.2) is 6.10 Å². The first kappa shape index (κ1) is 61.1. The maximum Gasteiger partial charge on any atom is 0.306 e. The number of hydrogen-bond acceptors (Lipinski definition) is 6. The van der Waals surface area contributed by atoms with Gasteiger partial charge in [-0.3, -0.25) is 14.4 Å². The van der Waals surface area contributed by atoms with E-state index in [0.29, 0.717) is 19.3 Å². The van der Waals surface area contributed by atoms with Gasteiger partial charge in [-0.2, -0.15) is 0 Å². The molecule has 6 nitrogen and oxygen atoms in total. The van der Waals surface area contributed by atoms with Gasteiger partial charge < -0.3 is 14.2 Å². The number of ether oxygens (including phenoxy) is 3. The van der Waals surface area contributed by atoms with Crippen molar-refractivity contribution < 1.29 is 28.6 Å². The average Bonchev–Trinajstić information content (AvgIpc) is 3.29. The standard InChI is InChI=1S/C58H102O6/c1-4-7-10-13-16-19-22-25-28-29-31-33-36-39-42-45-48-51-57(60)63-54-55(53-62-56(59)50-47-44-41-38-35-32-27-24-21-18-15-12-9-6-3)64-58(61)52-49-46-43-40-37-34-30-26-23-20-17-14-11-8-5-2/h16-17,19-20,24-28,30,55H,4-15,18,21-23,29,31-54H2,1-3H3/b19-16-,20-17-,27-24-,28-25-,30-26-/t55-/m1/s1. The third-order valence-electron chi connectivity index (χ3n) is 11.7. The molecule has 0 aromatic rings. The average molecular weight is 895 g/mol. The Labute approximate surface area is 396 Å². The van der Waals surface area contributed by atoms with Crippen LogP contribution in [0.15, 0.2) is 60.8 Å². The fourth-order valence-corrected chi connectivity index (χ4v) is 7.56. The van der Waals surface area contributed by atoms with Gasteiger partial charge in [-0.25, -0.2) is 0 Å². The number of rotatable bonds is 49. The Balaban J connectivity index is 4.42. The molecule has 0 aromatic heterocycles. The molecule has 6 heteroatoms. The highest BCUT2D eigenvalue weighted by molar-refractivity contribution is 5.71. The molecule has 0 spiro atoms. The number of carbonyl (C=O) groups excluding carboxylic acids is 3. The van der Waals surface area contributed by atoms with Crippen LogP contribution in [0.5, 0.6) is 0 Å². The van der Waals surface area contributed by atoms with Gasteiger partial charge in [0, 0.05) is 19.3 Å². The summed E-state index contributed by atoms with van der Waals surface area (Å²) in [7, 11) is 0. The van der Waals surface area contributed by atoms with Gasteiger partial charge in [0.05, 0.1) is 0 Å². The maximum absolute atomic E-state index is 12.8. The van der Waals surface area contributed by atoms with Crippen LogP contribution in [-0.4, -0.2) is 37.2 Å². The minimum absolute atomic E-state index is 0.0863. The van der Waals surface area contributed by atoms with Crippen molar-refractivity contribution in [3.8, 4) is 0 Å². The summed E-state index contributed by atoms with van der Waals surface area (Å²) in [4.78, 5) is 38.1. The number of esters is 3. The summed E-state index contributed by atoms with van der Waals surface area (Å²) < 4.78 is 16.8. The molecule has 0 heterocycles. The minimum Gasteiger partial charge on any atom is -0.462 e. The molecule has 0 aliphatic heterocycles. The monoisotopic (exact) mass is 895 g/mol. The molecule has 0 aliphatic rings. The quantitative estimate of drug-likeness (QED) is 0.0262. The van der Waals surface area contributed by atoms with E-state index in [-0.39, 0.29) is 31.1 Å². The van der Waals surface area contributed by atoms with Crippen LogP contribution in [0, 0.1) is 0 Å². The zero-order valence-corrected chi connectivity index (χ0v) is 42.3. The molecule has 0 bridgehead atoms. The lowest BCUT2D eigenvalue weighted by Crippen LogP contribution is -2.30. The molecule has 0 unspecified atom stereocenters. The fraction of sp³-hybridized carbons (Fsp3) is 0.776. The Morgan fingerprint density at radius 3 is 0.906 bits per heavy atom. The van der Waals surface area contributed by atoms with Crippen LogP contribution < -0.4 is 0 Å². The lowest BCUT2D eigenvalue weighted by Gasteiger charge is -2.18. The first-order chi connectivity index (χ1) is 31.5. The van der Waals surface area contributed by atoms with Crippen LogP contribution in [0.4, 0.5) is 0 Å². The highest BCUT2D eigenvalue weighted by Gasteiger charge is 2.19. The third-order valence-corrected chi connectivity index (χ3v) is 11.7. The Hall–Kier alpha value is -2.89. The van der Waals surface area contributed by atoms with Crippen molar-refractivity contribution in [2.45, 2.75) is 277 Å². The van der Waals surface area contributed by atoms with Crippen molar-refractivity contribution in [3.05, 3.63) is 60.8 Å². The van der Waals surface area contributed by atoms with E-state index in [1.54, 1.807) is 0 Å². The van der Waals surface area contributed by atoms with Crippen molar-refractivity contribution in [1.29, 1.82) is 0 Å². The summed E-state index contributed by atoms with van der Waals surface area (Å²) in [6.07, 6.45) is 64.8. The predicted octanol–water partition coefficient (Wildman–Crippen LogP) is 18.0. The van der Waals surface area contributed by atoms with E-state index in [4.69, 9.17) is 14.2 Å². The van der Waals surface area contributed by atoms with Gasteiger partial charge in [0.25, 0.3) is 0 Å². The number of unbranched alkanes of at least 4 members (excludes halogenated alkanes) is 28. The molecular formula is C58H102O6. The highest BCUT2D eigenvalue weighted by Crippen LogP contribution is 2.14. The molecule has 0 saturated carbocycles. The molecular weight excluding hydrogens is 793 g/mol. The van der Waals surface area contributed by atoms with Crippen LogP contribution in [0.1, 0.15) is 271 Å². The van der Waals surface area contributed by atoms with Crippen LogP contribution in [-0.2, 0) is 28.6 Å². The fourth-order valence-electron chi connectivity index (χ4n) is 7.56.